The third kappa shape index (κ3) is 2.86. The first-order valence-corrected chi connectivity index (χ1v) is 6.29. The number of carbonyl (C=O) groups excluding carboxylic acids is 1. The number of aliphatic hydroxyl groups is 1. The zero-order chi connectivity index (χ0) is 14.2. The summed E-state index contributed by atoms with van der Waals surface area (Å²) in [6.45, 7) is 6.21. The molecular formula is C12H20N4O3. The number of rotatable bonds is 1. The molecule has 106 valence electrons. The van der Waals surface area contributed by atoms with Crippen molar-refractivity contribution in [2.45, 2.75) is 38.8 Å². The van der Waals surface area contributed by atoms with Gasteiger partial charge >= 0.3 is 6.09 Å². The number of hydrogen-bond donors (Lipinski definition) is 1. The van der Waals surface area contributed by atoms with Crippen LogP contribution in [0.1, 0.15) is 38.1 Å². The van der Waals surface area contributed by atoms with Gasteiger partial charge in [0.25, 0.3) is 0 Å². The van der Waals surface area contributed by atoms with E-state index in [4.69, 9.17) is 4.74 Å². The molecule has 1 N–H and O–H groups in total. The second-order valence-electron chi connectivity index (χ2n) is 5.79. The van der Waals surface area contributed by atoms with Gasteiger partial charge in [-0.2, -0.15) is 0 Å². The Morgan fingerprint density at radius 3 is 2.79 bits per heavy atom. The van der Waals surface area contributed by atoms with Crippen molar-refractivity contribution in [3.05, 3.63) is 11.4 Å². The lowest BCUT2D eigenvalue weighted by Gasteiger charge is -2.32. The molecule has 1 aliphatic heterocycles. The van der Waals surface area contributed by atoms with Crippen LogP contribution in [0.5, 0.6) is 0 Å². The van der Waals surface area contributed by atoms with Crippen LogP contribution in [0.15, 0.2) is 0 Å². The van der Waals surface area contributed by atoms with E-state index in [1.807, 2.05) is 20.8 Å². The van der Waals surface area contributed by atoms with Crippen LogP contribution >= 0.6 is 0 Å². The third-order valence-corrected chi connectivity index (χ3v) is 2.98. The van der Waals surface area contributed by atoms with Gasteiger partial charge < -0.3 is 14.7 Å². The monoisotopic (exact) mass is 268 g/mol. The Hall–Kier alpha value is -1.63. The highest BCUT2D eigenvalue weighted by molar-refractivity contribution is 5.68. The van der Waals surface area contributed by atoms with Gasteiger partial charge in [-0.3, -0.25) is 4.68 Å². The molecule has 0 saturated carbocycles. The fourth-order valence-electron chi connectivity index (χ4n) is 2.23. The zero-order valence-electron chi connectivity index (χ0n) is 11.8. The van der Waals surface area contributed by atoms with E-state index in [1.54, 1.807) is 16.6 Å². The average molecular weight is 268 g/mol. The molecule has 7 heteroatoms. The number of amides is 1. The van der Waals surface area contributed by atoms with Crippen LogP contribution < -0.4 is 0 Å². The summed E-state index contributed by atoms with van der Waals surface area (Å²) < 4.78 is 7.00. The Kier molecular flexibility index (Phi) is 3.49. The molecule has 0 radical (unpaired) electrons. The predicted octanol–water partition coefficient (Wildman–Crippen LogP) is 0.642. The highest BCUT2D eigenvalue weighted by Crippen LogP contribution is 2.27. The molecule has 0 bridgehead atoms. The van der Waals surface area contributed by atoms with Crippen molar-refractivity contribution in [3.8, 4) is 0 Å². The molecule has 0 fully saturated rings. The Morgan fingerprint density at radius 2 is 2.21 bits per heavy atom. The first-order valence-electron chi connectivity index (χ1n) is 6.29. The van der Waals surface area contributed by atoms with E-state index in [-0.39, 0.29) is 18.6 Å². The van der Waals surface area contributed by atoms with Gasteiger partial charge in [-0.05, 0) is 20.8 Å². The van der Waals surface area contributed by atoms with Gasteiger partial charge in [-0.15, -0.1) is 5.10 Å². The van der Waals surface area contributed by atoms with Crippen LogP contribution in [0.3, 0.4) is 0 Å². The van der Waals surface area contributed by atoms with E-state index in [0.717, 1.165) is 11.4 Å². The SMILES string of the molecule is Cn1nnc2c1C(CO)CN(C(=O)OC(C)(C)C)C2. The van der Waals surface area contributed by atoms with Crippen molar-refractivity contribution in [2.24, 2.45) is 7.05 Å². The van der Waals surface area contributed by atoms with Crippen LogP contribution in [0.25, 0.3) is 0 Å². The van der Waals surface area contributed by atoms with Crippen LogP contribution in [-0.4, -0.2) is 49.8 Å². The van der Waals surface area contributed by atoms with Crippen LogP contribution in [0, 0.1) is 0 Å². The molecule has 19 heavy (non-hydrogen) atoms. The first kappa shape index (κ1) is 13.8. The molecule has 1 unspecified atom stereocenters. The van der Waals surface area contributed by atoms with Gasteiger partial charge in [0.05, 0.1) is 18.8 Å². The fraction of sp³-hybridized carbons (Fsp3) is 0.750. The minimum absolute atomic E-state index is 0.0481. The number of aromatic nitrogens is 3. The maximum absolute atomic E-state index is 12.1. The van der Waals surface area contributed by atoms with Crippen molar-refractivity contribution < 1.29 is 14.6 Å². The summed E-state index contributed by atoms with van der Waals surface area (Å²) in [5, 5.41) is 17.4. The van der Waals surface area contributed by atoms with Crippen LogP contribution in [0.2, 0.25) is 0 Å². The Balaban J connectivity index is 2.18. The standard InChI is InChI=1S/C12H20N4O3/c1-12(2,3)19-11(18)16-5-8(7-17)10-9(6-16)13-14-15(10)4/h8,17H,5-7H2,1-4H3. The summed E-state index contributed by atoms with van der Waals surface area (Å²) in [4.78, 5) is 13.6. The molecule has 1 aliphatic rings. The number of aryl methyl sites for hydroxylation is 1. The molecular weight excluding hydrogens is 248 g/mol. The quantitative estimate of drug-likeness (QED) is 0.808. The van der Waals surface area contributed by atoms with E-state index in [2.05, 4.69) is 10.3 Å². The van der Waals surface area contributed by atoms with Crippen LogP contribution in [0.4, 0.5) is 4.79 Å². The van der Waals surface area contributed by atoms with Crippen molar-refractivity contribution in [1.82, 2.24) is 19.9 Å². The number of ether oxygens (including phenoxy) is 1. The Bertz CT molecular complexity index is 478. The van der Waals surface area contributed by atoms with E-state index < -0.39 is 5.60 Å². The maximum Gasteiger partial charge on any atom is 0.410 e. The van der Waals surface area contributed by atoms with Gasteiger partial charge in [0.15, 0.2) is 0 Å². The lowest BCUT2D eigenvalue weighted by Crippen LogP contribution is -2.42. The van der Waals surface area contributed by atoms with Gasteiger partial charge in [-0.1, -0.05) is 5.21 Å². The average Bonchev–Trinajstić information content (AvgIpc) is 2.68. The molecule has 1 atom stereocenters. The summed E-state index contributed by atoms with van der Waals surface area (Å²) >= 11 is 0. The number of hydrogen-bond acceptors (Lipinski definition) is 5. The fourth-order valence-corrected chi connectivity index (χ4v) is 2.23. The molecule has 2 rings (SSSR count). The summed E-state index contributed by atoms with van der Waals surface area (Å²) in [7, 11) is 1.79. The molecule has 0 spiro atoms. The van der Waals surface area contributed by atoms with Gasteiger partial charge in [0.1, 0.15) is 11.3 Å². The summed E-state index contributed by atoms with van der Waals surface area (Å²) in [5.41, 5.74) is 1.08. The van der Waals surface area contributed by atoms with Crippen molar-refractivity contribution in [3.63, 3.8) is 0 Å². The second kappa shape index (κ2) is 4.80. The van der Waals surface area contributed by atoms with Crippen LogP contribution in [-0.2, 0) is 18.3 Å². The number of nitrogens with zero attached hydrogens (tertiary/aromatic N) is 4. The lowest BCUT2D eigenvalue weighted by atomic mass is 9.99. The molecule has 7 nitrogen and oxygen atoms in total. The van der Waals surface area contributed by atoms with Gasteiger partial charge in [0.2, 0.25) is 0 Å². The molecule has 0 saturated heterocycles. The topological polar surface area (TPSA) is 80.5 Å². The number of aliphatic hydroxyl groups excluding tert-OH is 1. The lowest BCUT2D eigenvalue weighted by molar-refractivity contribution is 0.0185. The van der Waals surface area contributed by atoms with E-state index in [9.17, 15) is 9.90 Å². The molecule has 0 aromatic carbocycles. The Labute approximate surface area is 112 Å². The zero-order valence-corrected chi connectivity index (χ0v) is 11.8. The molecule has 2 heterocycles. The molecule has 1 amide bonds. The molecule has 1 aromatic heterocycles. The van der Waals surface area contributed by atoms with Gasteiger partial charge in [-0.25, -0.2) is 4.79 Å². The minimum Gasteiger partial charge on any atom is -0.444 e. The van der Waals surface area contributed by atoms with Crippen molar-refractivity contribution in [1.29, 1.82) is 0 Å². The smallest absolute Gasteiger partial charge is 0.410 e. The highest BCUT2D eigenvalue weighted by Gasteiger charge is 2.33. The first-order chi connectivity index (χ1) is 8.81. The summed E-state index contributed by atoms with van der Waals surface area (Å²) in [5.74, 6) is -0.170. The largest absolute Gasteiger partial charge is 0.444 e. The highest BCUT2D eigenvalue weighted by atomic mass is 16.6. The Morgan fingerprint density at radius 1 is 1.53 bits per heavy atom. The normalized spacial score (nSPS) is 19.2. The molecule has 1 aromatic rings. The van der Waals surface area contributed by atoms with E-state index >= 15 is 0 Å². The summed E-state index contributed by atoms with van der Waals surface area (Å²) in [6.07, 6.45) is -0.387. The van der Waals surface area contributed by atoms with Gasteiger partial charge in [0, 0.05) is 19.5 Å². The number of fused-ring (bicyclic) bond motifs is 1. The maximum atomic E-state index is 12.1. The van der Waals surface area contributed by atoms with Crippen molar-refractivity contribution in [2.75, 3.05) is 13.2 Å². The van der Waals surface area contributed by atoms with Crippen molar-refractivity contribution >= 4 is 6.09 Å². The van der Waals surface area contributed by atoms with E-state index in [1.165, 1.54) is 0 Å². The van der Waals surface area contributed by atoms with E-state index in [0.29, 0.717) is 13.1 Å². The minimum atomic E-state index is -0.533. The predicted molar refractivity (Wildman–Crippen MR) is 67.5 cm³/mol. The third-order valence-electron chi connectivity index (χ3n) is 2.98. The number of carbonyl (C=O) groups is 1. The summed E-state index contributed by atoms with van der Waals surface area (Å²) in [6, 6.07) is 0. The molecule has 0 aliphatic carbocycles. The second-order valence-corrected chi connectivity index (χ2v) is 5.79.